The number of anilines is 4. The highest BCUT2D eigenvalue weighted by atomic mass is 16.6. The molecular formula is C17H16N6O3. The Labute approximate surface area is 148 Å². The van der Waals surface area contributed by atoms with E-state index in [0.29, 0.717) is 18.1 Å². The van der Waals surface area contributed by atoms with Crippen molar-refractivity contribution in [3.63, 3.8) is 0 Å². The van der Waals surface area contributed by atoms with E-state index in [1.165, 1.54) is 6.33 Å². The highest BCUT2D eigenvalue weighted by Crippen LogP contribution is 2.39. The number of rotatable bonds is 4. The van der Waals surface area contributed by atoms with Crippen molar-refractivity contribution in [2.45, 2.75) is 19.8 Å². The lowest BCUT2D eigenvalue weighted by Crippen LogP contribution is -2.26. The standard InChI is InChI=1S/C17H16N6O3/c1-11-9-14(21-26-11)20-16-15(23(24)25)17(19-10-18-16)22-8-4-6-12-5-2-3-7-13(12)22/h2-3,5,7,9-10H,4,6,8H2,1H3,(H,18,19,20,21). The molecule has 1 N–H and O–H groups in total. The number of nitrogens with one attached hydrogen (secondary N) is 1. The van der Waals surface area contributed by atoms with Crippen molar-refractivity contribution in [3.05, 3.63) is 58.1 Å². The summed E-state index contributed by atoms with van der Waals surface area (Å²) in [5.74, 6) is 1.29. The molecule has 132 valence electrons. The Morgan fingerprint density at radius 1 is 1.31 bits per heavy atom. The summed E-state index contributed by atoms with van der Waals surface area (Å²) in [4.78, 5) is 21.5. The van der Waals surface area contributed by atoms with E-state index in [-0.39, 0.29) is 17.3 Å². The third-order valence-corrected chi connectivity index (χ3v) is 4.23. The summed E-state index contributed by atoms with van der Waals surface area (Å²) in [7, 11) is 0. The zero-order valence-electron chi connectivity index (χ0n) is 14.0. The summed E-state index contributed by atoms with van der Waals surface area (Å²) in [6, 6.07) is 9.51. The Morgan fingerprint density at radius 2 is 2.15 bits per heavy atom. The smallest absolute Gasteiger partial charge is 0.354 e. The van der Waals surface area contributed by atoms with Gasteiger partial charge in [-0.15, -0.1) is 0 Å². The molecule has 0 spiro atoms. The van der Waals surface area contributed by atoms with Gasteiger partial charge >= 0.3 is 5.69 Å². The summed E-state index contributed by atoms with van der Waals surface area (Å²) in [6.07, 6.45) is 3.15. The van der Waals surface area contributed by atoms with Crippen LogP contribution in [0.2, 0.25) is 0 Å². The van der Waals surface area contributed by atoms with Crippen molar-refractivity contribution in [3.8, 4) is 0 Å². The van der Waals surface area contributed by atoms with Gasteiger partial charge in [-0.05, 0) is 31.4 Å². The summed E-state index contributed by atoms with van der Waals surface area (Å²) in [6.45, 7) is 2.39. The van der Waals surface area contributed by atoms with E-state index in [4.69, 9.17) is 4.52 Å². The number of nitrogens with zero attached hydrogens (tertiary/aromatic N) is 5. The van der Waals surface area contributed by atoms with Crippen LogP contribution in [0.3, 0.4) is 0 Å². The lowest BCUT2D eigenvalue weighted by atomic mass is 10.0. The van der Waals surface area contributed by atoms with Gasteiger partial charge in [0.1, 0.15) is 12.1 Å². The molecule has 4 rings (SSSR count). The van der Waals surface area contributed by atoms with E-state index >= 15 is 0 Å². The molecule has 0 saturated heterocycles. The van der Waals surface area contributed by atoms with Crippen molar-refractivity contribution >= 4 is 28.8 Å². The van der Waals surface area contributed by atoms with E-state index in [2.05, 4.69) is 20.4 Å². The van der Waals surface area contributed by atoms with Crippen molar-refractivity contribution < 1.29 is 9.45 Å². The van der Waals surface area contributed by atoms with Crippen molar-refractivity contribution in [1.29, 1.82) is 0 Å². The minimum atomic E-state index is -0.470. The first-order chi connectivity index (χ1) is 12.6. The number of fused-ring (bicyclic) bond motifs is 1. The zero-order valence-corrected chi connectivity index (χ0v) is 14.0. The molecule has 26 heavy (non-hydrogen) atoms. The lowest BCUT2D eigenvalue weighted by Gasteiger charge is -2.30. The Morgan fingerprint density at radius 3 is 2.92 bits per heavy atom. The molecule has 0 amide bonds. The van der Waals surface area contributed by atoms with Crippen molar-refractivity contribution in [1.82, 2.24) is 15.1 Å². The van der Waals surface area contributed by atoms with Crippen LogP contribution in [-0.4, -0.2) is 26.6 Å². The number of para-hydroxylation sites is 1. The first-order valence-electron chi connectivity index (χ1n) is 8.18. The number of aryl methyl sites for hydroxylation is 2. The van der Waals surface area contributed by atoms with Crippen molar-refractivity contribution in [2.75, 3.05) is 16.8 Å². The summed E-state index contributed by atoms with van der Waals surface area (Å²) in [5, 5.41) is 18.5. The average molecular weight is 352 g/mol. The maximum absolute atomic E-state index is 11.8. The molecule has 9 nitrogen and oxygen atoms in total. The quantitative estimate of drug-likeness (QED) is 0.561. The molecule has 3 aromatic rings. The molecule has 2 aromatic heterocycles. The maximum atomic E-state index is 11.8. The largest absolute Gasteiger partial charge is 0.360 e. The number of nitro groups is 1. The van der Waals surface area contributed by atoms with Gasteiger partial charge in [-0.2, -0.15) is 0 Å². The third kappa shape index (κ3) is 2.83. The Balaban J connectivity index is 1.80. The fraction of sp³-hybridized carbons (Fsp3) is 0.235. The minimum absolute atomic E-state index is 0.0800. The maximum Gasteiger partial charge on any atom is 0.354 e. The van der Waals surface area contributed by atoms with E-state index in [0.717, 1.165) is 24.1 Å². The summed E-state index contributed by atoms with van der Waals surface area (Å²) < 4.78 is 4.99. The van der Waals surface area contributed by atoms with Crippen LogP contribution in [0.15, 0.2) is 41.2 Å². The van der Waals surface area contributed by atoms with E-state index in [1.54, 1.807) is 13.0 Å². The summed E-state index contributed by atoms with van der Waals surface area (Å²) in [5.41, 5.74) is 1.89. The predicted octanol–water partition coefficient (Wildman–Crippen LogP) is 3.51. The normalized spacial score (nSPS) is 13.3. The first-order valence-corrected chi connectivity index (χ1v) is 8.18. The fourth-order valence-electron chi connectivity index (χ4n) is 3.13. The predicted molar refractivity (Wildman–Crippen MR) is 95.0 cm³/mol. The van der Waals surface area contributed by atoms with Gasteiger partial charge in [0.25, 0.3) is 0 Å². The zero-order chi connectivity index (χ0) is 18.1. The molecule has 1 aromatic carbocycles. The molecule has 0 fully saturated rings. The molecule has 1 aliphatic rings. The van der Waals surface area contributed by atoms with Crippen LogP contribution >= 0.6 is 0 Å². The molecule has 0 saturated carbocycles. The first kappa shape index (κ1) is 16.0. The van der Waals surface area contributed by atoms with Gasteiger partial charge in [-0.25, -0.2) is 9.97 Å². The second-order valence-electron chi connectivity index (χ2n) is 5.98. The highest BCUT2D eigenvalue weighted by molar-refractivity contribution is 5.78. The van der Waals surface area contributed by atoms with Gasteiger partial charge in [0.2, 0.25) is 11.6 Å². The Bertz CT molecular complexity index is 971. The number of aromatic nitrogens is 3. The van der Waals surface area contributed by atoms with Gasteiger partial charge in [0, 0.05) is 18.3 Å². The van der Waals surface area contributed by atoms with Crippen LogP contribution in [0, 0.1) is 17.0 Å². The van der Waals surface area contributed by atoms with Crippen LogP contribution in [-0.2, 0) is 6.42 Å². The second-order valence-corrected chi connectivity index (χ2v) is 5.98. The minimum Gasteiger partial charge on any atom is -0.360 e. The molecule has 0 unspecified atom stereocenters. The van der Waals surface area contributed by atoms with Gasteiger partial charge in [0.15, 0.2) is 5.82 Å². The lowest BCUT2D eigenvalue weighted by molar-refractivity contribution is -0.383. The molecule has 0 atom stereocenters. The molecule has 3 heterocycles. The van der Waals surface area contributed by atoms with Crippen LogP contribution < -0.4 is 10.2 Å². The van der Waals surface area contributed by atoms with E-state index in [9.17, 15) is 10.1 Å². The van der Waals surface area contributed by atoms with Crippen LogP contribution in [0.1, 0.15) is 17.7 Å². The molecule has 0 radical (unpaired) electrons. The topological polar surface area (TPSA) is 110 Å². The number of benzene rings is 1. The number of hydrogen-bond acceptors (Lipinski definition) is 8. The van der Waals surface area contributed by atoms with Crippen LogP contribution in [0.4, 0.5) is 28.8 Å². The Hall–Kier alpha value is -3.49. The third-order valence-electron chi connectivity index (χ3n) is 4.23. The number of hydrogen-bond donors (Lipinski definition) is 1. The van der Waals surface area contributed by atoms with Gasteiger partial charge in [-0.3, -0.25) is 10.1 Å². The van der Waals surface area contributed by atoms with Gasteiger partial charge < -0.3 is 14.7 Å². The second kappa shape index (κ2) is 6.43. The van der Waals surface area contributed by atoms with E-state index < -0.39 is 4.92 Å². The monoisotopic (exact) mass is 352 g/mol. The fourth-order valence-corrected chi connectivity index (χ4v) is 3.13. The molecular weight excluding hydrogens is 336 g/mol. The SMILES string of the molecule is Cc1cc(Nc2ncnc(N3CCCc4ccccc43)c2[N+](=O)[O-])no1. The molecule has 9 heteroatoms. The molecule has 1 aliphatic heterocycles. The molecule has 0 aliphatic carbocycles. The van der Waals surface area contributed by atoms with Crippen LogP contribution in [0.25, 0.3) is 0 Å². The Kier molecular flexibility index (Phi) is 3.96. The van der Waals surface area contributed by atoms with Gasteiger partial charge in [-0.1, -0.05) is 23.4 Å². The summed E-state index contributed by atoms with van der Waals surface area (Å²) >= 11 is 0. The average Bonchev–Trinajstić information content (AvgIpc) is 3.05. The van der Waals surface area contributed by atoms with E-state index in [1.807, 2.05) is 29.2 Å². The van der Waals surface area contributed by atoms with Crippen LogP contribution in [0.5, 0.6) is 0 Å². The molecule has 0 bridgehead atoms. The van der Waals surface area contributed by atoms with Crippen molar-refractivity contribution in [2.24, 2.45) is 0 Å². The highest BCUT2D eigenvalue weighted by Gasteiger charge is 2.30. The van der Waals surface area contributed by atoms with Gasteiger partial charge in [0.05, 0.1) is 4.92 Å².